The van der Waals surface area contributed by atoms with Crippen LogP contribution < -0.4 is 5.32 Å². The molecule has 96 valence electrons. The first-order chi connectivity index (χ1) is 8.22. The van der Waals surface area contributed by atoms with Crippen molar-refractivity contribution >= 4 is 23.5 Å². The summed E-state index contributed by atoms with van der Waals surface area (Å²) in [6.45, 7) is 7.27. The third-order valence-electron chi connectivity index (χ3n) is 2.78. The van der Waals surface area contributed by atoms with Crippen molar-refractivity contribution in [3.63, 3.8) is 0 Å². The number of hydrogen-bond donors (Lipinski definition) is 1. The molecule has 0 aliphatic carbocycles. The van der Waals surface area contributed by atoms with E-state index in [2.05, 4.69) is 29.3 Å². The molecule has 3 unspecified atom stereocenters. The average Bonchev–Trinajstić information content (AvgIpc) is 2.79. The molecule has 2 rings (SSSR count). The van der Waals surface area contributed by atoms with E-state index in [1.54, 1.807) is 0 Å². The van der Waals surface area contributed by atoms with Crippen molar-refractivity contribution in [1.29, 1.82) is 0 Å². The van der Waals surface area contributed by atoms with Gasteiger partial charge in [-0.05, 0) is 13.5 Å². The zero-order valence-corrected chi connectivity index (χ0v) is 12.1. The Morgan fingerprint density at radius 3 is 2.94 bits per heavy atom. The van der Waals surface area contributed by atoms with E-state index in [1.165, 1.54) is 11.5 Å². The zero-order chi connectivity index (χ0) is 12.3. The predicted octanol–water partition coefficient (Wildman–Crippen LogP) is 2.65. The van der Waals surface area contributed by atoms with E-state index in [-0.39, 0.29) is 6.04 Å². The average molecular weight is 273 g/mol. The summed E-state index contributed by atoms with van der Waals surface area (Å²) in [5.41, 5.74) is 0. The molecule has 17 heavy (non-hydrogen) atoms. The molecule has 1 aromatic heterocycles. The van der Waals surface area contributed by atoms with Gasteiger partial charge in [0.05, 0.1) is 11.3 Å². The standard InChI is InChI=1S/C11H19N3OS2/c1-4-12-7(2)11-13-10(14-15-11)9-8(3)16-5-6-17-9/h7-9,12H,4-6H2,1-3H3. The lowest BCUT2D eigenvalue weighted by Crippen LogP contribution is -2.19. The Labute approximate surface area is 111 Å². The Morgan fingerprint density at radius 2 is 2.24 bits per heavy atom. The monoisotopic (exact) mass is 273 g/mol. The van der Waals surface area contributed by atoms with Gasteiger partial charge in [-0.15, -0.1) is 11.8 Å². The van der Waals surface area contributed by atoms with Crippen LogP contribution in [0.4, 0.5) is 0 Å². The van der Waals surface area contributed by atoms with E-state index in [1.807, 2.05) is 30.4 Å². The highest BCUT2D eigenvalue weighted by Crippen LogP contribution is 2.41. The maximum Gasteiger partial charge on any atom is 0.243 e. The van der Waals surface area contributed by atoms with Crippen molar-refractivity contribution in [2.45, 2.75) is 37.3 Å². The van der Waals surface area contributed by atoms with Gasteiger partial charge in [0, 0.05) is 16.8 Å². The quantitative estimate of drug-likeness (QED) is 0.910. The van der Waals surface area contributed by atoms with Crippen LogP contribution in [0.3, 0.4) is 0 Å². The lowest BCUT2D eigenvalue weighted by molar-refractivity contribution is 0.338. The Hall–Kier alpha value is -0.200. The molecular weight excluding hydrogens is 254 g/mol. The molecular formula is C11H19N3OS2. The highest BCUT2D eigenvalue weighted by atomic mass is 32.2. The zero-order valence-electron chi connectivity index (χ0n) is 10.5. The van der Waals surface area contributed by atoms with Gasteiger partial charge in [-0.25, -0.2) is 0 Å². The van der Waals surface area contributed by atoms with Crippen LogP contribution in [-0.4, -0.2) is 33.4 Å². The first-order valence-electron chi connectivity index (χ1n) is 6.02. The van der Waals surface area contributed by atoms with Gasteiger partial charge in [0.15, 0.2) is 5.82 Å². The smallest absolute Gasteiger partial charge is 0.243 e. The van der Waals surface area contributed by atoms with Crippen LogP contribution in [0.25, 0.3) is 0 Å². The molecule has 1 N–H and O–H groups in total. The number of hydrogen-bond acceptors (Lipinski definition) is 6. The Morgan fingerprint density at radius 1 is 1.47 bits per heavy atom. The molecule has 0 amide bonds. The second-order valence-electron chi connectivity index (χ2n) is 4.14. The van der Waals surface area contributed by atoms with Crippen LogP contribution in [0.2, 0.25) is 0 Å². The van der Waals surface area contributed by atoms with Crippen molar-refractivity contribution in [1.82, 2.24) is 15.5 Å². The van der Waals surface area contributed by atoms with Crippen molar-refractivity contribution in [3.8, 4) is 0 Å². The molecule has 1 aromatic rings. The third-order valence-corrected chi connectivity index (χ3v) is 5.87. The topological polar surface area (TPSA) is 51.0 Å². The molecule has 1 saturated heterocycles. The van der Waals surface area contributed by atoms with Gasteiger partial charge in [-0.2, -0.15) is 16.7 Å². The highest BCUT2D eigenvalue weighted by Gasteiger charge is 2.29. The Balaban J connectivity index is 2.06. The minimum Gasteiger partial charge on any atom is -0.338 e. The van der Waals surface area contributed by atoms with Gasteiger partial charge >= 0.3 is 0 Å². The Kier molecular flexibility index (Phi) is 4.76. The molecule has 0 spiro atoms. The molecule has 1 aliphatic heterocycles. The molecule has 4 nitrogen and oxygen atoms in total. The SMILES string of the molecule is CCNC(C)c1nc(C2SCCSC2C)no1. The summed E-state index contributed by atoms with van der Waals surface area (Å²) < 4.78 is 5.33. The van der Waals surface area contributed by atoms with Gasteiger partial charge in [-0.3, -0.25) is 0 Å². The first kappa shape index (κ1) is 13.2. The molecule has 1 aliphatic rings. The van der Waals surface area contributed by atoms with Crippen LogP contribution in [-0.2, 0) is 0 Å². The molecule has 0 bridgehead atoms. The molecule has 0 aromatic carbocycles. The molecule has 6 heteroatoms. The van der Waals surface area contributed by atoms with E-state index < -0.39 is 0 Å². The molecule has 2 heterocycles. The van der Waals surface area contributed by atoms with Gasteiger partial charge < -0.3 is 9.84 Å². The number of thioether (sulfide) groups is 2. The van der Waals surface area contributed by atoms with E-state index >= 15 is 0 Å². The maximum absolute atomic E-state index is 5.33. The lowest BCUT2D eigenvalue weighted by atomic mass is 10.3. The first-order valence-corrected chi connectivity index (χ1v) is 8.12. The van der Waals surface area contributed by atoms with Crippen molar-refractivity contribution in [2.75, 3.05) is 18.1 Å². The normalized spacial score (nSPS) is 27.0. The second kappa shape index (κ2) is 6.11. The summed E-state index contributed by atoms with van der Waals surface area (Å²) in [6.07, 6.45) is 0. The van der Waals surface area contributed by atoms with E-state index in [0.717, 1.165) is 12.4 Å². The molecule has 0 saturated carbocycles. The van der Waals surface area contributed by atoms with Gasteiger partial charge in [0.1, 0.15) is 0 Å². The summed E-state index contributed by atoms with van der Waals surface area (Å²) in [5, 5.41) is 8.35. The van der Waals surface area contributed by atoms with Crippen molar-refractivity contribution in [2.24, 2.45) is 0 Å². The fourth-order valence-electron chi connectivity index (χ4n) is 1.85. The maximum atomic E-state index is 5.33. The third kappa shape index (κ3) is 3.17. The summed E-state index contributed by atoms with van der Waals surface area (Å²) in [5.74, 6) is 3.95. The summed E-state index contributed by atoms with van der Waals surface area (Å²) in [4.78, 5) is 4.53. The largest absolute Gasteiger partial charge is 0.338 e. The van der Waals surface area contributed by atoms with Gasteiger partial charge in [0.2, 0.25) is 5.89 Å². The van der Waals surface area contributed by atoms with Crippen molar-refractivity contribution < 1.29 is 4.52 Å². The summed E-state index contributed by atoms with van der Waals surface area (Å²) in [7, 11) is 0. The fraction of sp³-hybridized carbons (Fsp3) is 0.818. The molecule has 3 atom stereocenters. The Bertz CT molecular complexity index is 358. The number of rotatable bonds is 4. The van der Waals surface area contributed by atoms with Crippen LogP contribution in [0.15, 0.2) is 4.52 Å². The van der Waals surface area contributed by atoms with Crippen LogP contribution in [0.1, 0.15) is 43.8 Å². The molecule has 0 radical (unpaired) electrons. The summed E-state index contributed by atoms with van der Waals surface area (Å²) in [6, 6.07) is 0.137. The van der Waals surface area contributed by atoms with E-state index in [4.69, 9.17) is 4.52 Å². The van der Waals surface area contributed by atoms with Gasteiger partial charge in [-0.1, -0.05) is 19.0 Å². The minimum absolute atomic E-state index is 0.137. The van der Waals surface area contributed by atoms with Crippen LogP contribution in [0.5, 0.6) is 0 Å². The minimum atomic E-state index is 0.137. The highest BCUT2D eigenvalue weighted by molar-refractivity contribution is 8.06. The molecule has 1 fully saturated rings. The van der Waals surface area contributed by atoms with Gasteiger partial charge in [0.25, 0.3) is 0 Å². The van der Waals surface area contributed by atoms with E-state index in [9.17, 15) is 0 Å². The number of aromatic nitrogens is 2. The van der Waals surface area contributed by atoms with Crippen LogP contribution in [0, 0.1) is 0 Å². The number of nitrogens with one attached hydrogen (secondary N) is 1. The van der Waals surface area contributed by atoms with Crippen LogP contribution >= 0.6 is 23.5 Å². The second-order valence-corrected chi connectivity index (χ2v) is 6.87. The lowest BCUT2D eigenvalue weighted by Gasteiger charge is -2.24. The summed E-state index contributed by atoms with van der Waals surface area (Å²) >= 11 is 3.93. The predicted molar refractivity (Wildman–Crippen MR) is 73.5 cm³/mol. The number of nitrogens with zero attached hydrogens (tertiary/aromatic N) is 2. The van der Waals surface area contributed by atoms with Crippen molar-refractivity contribution in [3.05, 3.63) is 11.7 Å². The van der Waals surface area contributed by atoms with E-state index in [0.29, 0.717) is 16.4 Å². The fourth-order valence-corrected chi connectivity index (χ4v) is 4.53.